The molecule has 1 unspecified atom stereocenters. The Balaban J connectivity index is 3.82. The molecule has 0 spiro atoms. The van der Waals surface area contributed by atoms with Gasteiger partial charge in [-0.3, -0.25) is 0 Å². The van der Waals surface area contributed by atoms with Crippen molar-refractivity contribution in [2.45, 2.75) is 148 Å². The fourth-order valence-corrected chi connectivity index (χ4v) is 3.98. The van der Waals surface area contributed by atoms with Crippen LogP contribution in [0.15, 0.2) is 0 Å². The molecule has 3 N–H and O–H groups in total. The van der Waals surface area contributed by atoms with E-state index >= 15 is 0 Å². The first kappa shape index (κ1) is 25.9. The second-order valence-corrected chi connectivity index (χ2v) is 8.57. The molecule has 0 aromatic heterocycles. The van der Waals surface area contributed by atoms with Crippen molar-refractivity contribution in [1.82, 2.24) is 0 Å². The summed E-state index contributed by atoms with van der Waals surface area (Å²) in [5, 5.41) is 10.6. The zero-order valence-electron chi connectivity index (χ0n) is 18.5. The molecule has 0 heterocycles. The van der Waals surface area contributed by atoms with Gasteiger partial charge in [-0.1, -0.05) is 124 Å². The van der Waals surface area contributed by atoms with Crippen LogP contribution >= 0.6 is 0 Å². The topological polar surface area (TPSA) is 46.2 Å². The van der Waals surface area contributed by atoms with E-state index in [1.165, 1.54) is 103 Å². The van der Waals surface area contributed by atoms with Gasteiger partial charge in [0.1, 0.15) is 5.72 Å². The maximum Gasteiger partial charge on any atom is 0.116 e. The van der Waals surface area contributed by atoms with E-state index in [0.717, 1.165) is 12.8 Å². The highest BCUT2D eigenvalue weighted by Gasteiger charge is 2.29. The summed E-state index contributed by atoms with van der Waals surface area (Å²) < 4.78 is 0. The first-order valence-electron chi connectivity index (χ1n) is 12.1. The Bertz CT molecular complexity index is 257. The van der Waals surface area contributed by atoms with Crippen molar-refractivity contribution in [3.8, 4) is 0 Å². The number of hydrogen-bond acceptors (Lipinski definition) is 2. The van der Waals surface area contributed by atoms with Gasteiger partial charge in [-0.25, -0.2) is 0 Å². The average molecular weight is 370 g/mol. The molecule has 0 saturated carbocycles. The van der Waals surface area contributed by atoms with E-state index in [9.17, 15) is 5.11 Å². The van der Waals surface area contributed by atoms with Crippen LogP contribution in [0.4, 0.5) is 0 Å². The van der Waals surface area contributed by atoms with E-state index in [0.29, 0.717) is 6.42 Å². The lowest BCUT2D eigenvalue weighted by Gasteiger charge is -2.32. The summed E-state index contributed by atoms with van der Waals surface area (Å²) >= 11 is 0. The Morgan fingerprint density at radius 3 is 1.19 bits per heavy atom. The summed E-state index contributed by atoms with van der Waals surface area (Å²) in [5.74, 6) is 0.285. The highest BCUT2D eigenvalue weighted by molar-refractivity contribution is 4.79. The van der Waals surface area contributed by atoms with Crippen molar-refractivity contribution in [1.29, 1.82) is 0 Å². The normalized spacial score (nSPS) is 14.1. The van der Waals surface area contributed by atoms with Gasteiger partial charge in [0.25, 0.3) is 0 Å². The van der Waals surface area contributed by atoms with Gasteiger partial charge in [0.05, 0.1) is 0 Å². The number of aliphatic hydroxyl groups is 1. The van der Waals surface area contributed by atoms with Crippen molar-refractivity contribution < 1.29 is 5.11 Å². The minimum absolute atomic E-state index is 0.285. The molecule has 0 saturated heterocycles. The first-order chi connectivity index (χ1) is 12.6. The van der Waals surface area contributed by atoms with Crippen LogP contribution in [-0.2, 0) is 0 Å². The van der Waals surface area contributed by atoms with E-state index in [4.69, 9.17) is 5.73 Å². The Morgan fingerprint density at radius 1 is 0.577 bits per heavy atom. The van der Waals surface area contributed by atoms with Gasteiger partial charge in [-0.05, 0) is 19.3 Å². The maximum atomic E-state index is 10.6. The minimum Gasteiger partial charge on any atom is -0.376 e. The molecular formula is C24H51NO. The summed E-state index contributed by atoms with van der Waals surface area (Å²) in [5.41, 5.74) is 5.25. The van der Waals surface area contributed by atoms with Gasteiger partial charge in [0.2, 0.25) is 0 Å². The molecule has 0 radical (unpaired) electrons. The number of hydrogen-bond donors (Lipinski definition) is 2. The molecule has 0 bridgehead atoms. The lowest BCUT2D eigenvalue weighted by Crippen LogP contribution is -2.46. The molecule has 0 aliphatic carbocycles. The third kappa shape index (κ3) is 15.0. The minimum atomic E-state index is -0.956. The van der Waals surface area contributed by atoms with Gasteiger partial charge in [0, 0.05) is 5.92 Å². The molecule has 2 heteroatoms. The maximum absolute atomic E-state index is 10.6. The quantitative estimate of drug-likeness (QED) is 0.170. The molecular weight excluding hydrogens is 318 g/mol. The van der Waals surface area contributed by atoms with Crippen LogP contribution in [0.2, 0.25) is 0 Å². The fraction of sp³-hybridized carbons (Fsp3) is 1.00. The predicted octanol–water partition coefficient (Wildman–Crippen LogP) is 7.72. The number of nitrogens with two attached hydrogens (primary N) is 1. The van der Waals surface area contributed by atoms with Gasteiger partial charge < -0.3 is 10.8 Å². The van der Waals surface area contributed by atoms with Crippen molar-refractivity contribution in [3.05, 3.63) is 0 Å². The molecule has 0 rings (SSSR count). The second kappa shape index (κ2) is 18.3. The SMILES string of the molecule is CCCCCCCCCCC(CCCCCCCCCC)C(N)(O)CC. The summed E-state index contributed by atoms with van der Waals surface area (Å²) in [4.78, 5) is 0. The van der Waals surface area contributed by atoms with Crippen molar-refractivity contribution in [2.24, 2.45) is 11.7 Å². The first-order valence-corrected chi connectivity index (χ1v) is 12.1. The number of rotatable bonds is 20. The molecule has 0 aromatic carbocycles. The van der Waals surface area contributed by atoms with Crippen LogP contribution < -0.4 is 5.73 Å². The smallest absolute Gasteiger partial charge is 0.116 e. The van der Waals surface area contributed by atoms with Gasteiger partial charge >= 0.3 is 0 Å². The average Bonchev–Trinajstić information content (AvgIpc) is 2.64. The lowest BCUT2D eigenvalue weighted by molar-refractivity contribution is -0.0253. The largest absolute Gasteiger partial charge is 0.376 e. The molecule has 158 valence electrons. The van der Waals surface area contributed by atoms with Crippen molar-refractivity contribution >= 4 is 0 Å². The number of unbranched alkanes of at least 4 members (excludes halogenated alkanes) is 14. The molecule has 2 nitrogen and oxygen atoms in total. The van der Waals surface area contributed by atoms with E-state index in [2.05, 4.69) is 13.8 Å². The molecule has 0 aromatic rings. The van der Waals surface area contributed by atoms with Gasteiger partial charge in [-0.15, -0.1) is 0 Å². The van der Waals surface area contributed by atoms with Crippen molar-refractivity contribution in [2.75, 3.05) is 0 Å². The molecule has 1 atom stereocenters. The fourth-order valence-electron chi connectivity index (χ4n) is 3.98. The van der Waals surface area contributed by atoms with Crippen LogP contribution in [0.3, 0.4) is 0 Å². The standard InChI is InChI=1S/C24H51NO/c1-4-7-9-11-13-15-17-19-21-23(24(25,26)6-3)22-20-18-16-14-12-10-8-5-2/h23,26H,4-22,25H2,1-3H3. The molecule has 0 fully saturated rings. The molecule has 26 heavy (non-hydrogen) atoms. The van der Waals surface area contributed by atoms with E-state index in [-0.39, 0.29) is 5.92 Å². The van der Waals surface area contributed by atoms with Crippen LogP contribution in [0, 0.1) is 5.92 Å². The Hall–Kier alpha value is -0.0800. The zero-order valence-corrected chi connectivity index (χ0v) is 18.5. The second-order valence-electron chi connectivity index (χ2n) is 8.57. The van der Waals surface area contributed by atoms with Crippen LogP contribution in [-0.4, -0.2) is 10.8 Å². The molecule has 0 aliphatic rings. The summed E-state index contributed by atoms with van der Waals surface area (Å²) in [6.07, 6.45) is 24.4. The Labute approximate surface area is 165 Å². The summed E-state index contributed by atoms with van der Waals surface area (Å²) in [7, 11) is 0. The Kier molecular flexibility index (Phi) is 18.2. The summed E-state index contributed by atoms with van der Waals surface area (Å²) in [6.45, 7) is 6.57. The predicted molar refractivity (Wildman–Crippen MR) is 117 cm³/mol. The van der Waals surface area contributed by atoms with E-state index < -0.39 is 5.72 Å². The zero-order chi connectivity index (χ0) is 19.5. The van der Waals surface area contributed by atoms with Crippen LogP contribution in [0.5, 0.6) is 0 Å². The lowest BCUT2D eigenvalue weighted by atomic mass is 9.84. The summed E-state index contributed by atoms with van der Waals surface area (Å²) in [6, 6.07) is 0. The van der Waals surface area contributed by atoms with Crippen molar-refractivity contribution in [3.63, 3.8) is 0 Å². The highest BCUT2D eigenvalue weighted by Crippen LogP contribution is 2.28. The van der Waals surface area contributed by atoms with E-state index in [1.54, 1.807) is 0 Å². The monoisotopic (exact) mass is 369 g/mol. The van der Waals surface area contributed by atoms with Gasteiger partial charge in [0.15, 0.2) is 0 Å². The third-order valence-electron chi connectivity index (χ3n) is 6.09. The molecule has 0 aliphatic heterocycles. The van der Waals surface area contributed by atoms with Crippen LogP contribution in [0.25, 0.3) is 0 Å². The van der Waals surface area contributed by atoms with E-state index in [1.807, 2.05) is 6.92 Å². The van der Waals surface area contributed by atoms with Gasteiger partial charge in [-0.2, -0.15) is 0 Å². The van der Waals surface area contributed by atoms with Crippen LogP contribution in [0.1, 0.15) is 143 Å². The third-order valence-corrected chi connectivity index (χ3v) is 6.09. The highest BCUT2D eigenvalue weighted by atomic mass is 16.3. The Morgan fingerprint density at radius 2 is 0.885 bits per heavy atom. The molecule has 0 amide bonds.